The summed E-state index contributed by atoms with van der Waals surface area (Å²) in [7, 11) is 0. The molecule has 0 amide bonds. The van der Waals surface area contributed by atoms with Gasteiger partial charge in [-0.1, -0.05) is 48.0 Å². The molecule has 2 atom stereocenters. The van der Waals surface area contributed by atoms with Crippen LogP contribution in [0.1, 0.15) is 29.0 Å². The summed E-state index contributed by atoms with van der Waals surface area (Å²) < 4.78 is 40.7. The number of thiophene rings is 1. The van der Waals surface area contributed by atoms with Crippen LogP contribution in [-0.4, -0.2) is 16.3 Å². The van der Waals surface area contributed by atoms with Crippen LogP contribution in [0.5, 0.6) is 0 Å². The number of fused-ring (bicyclic) bond motifs is 1. The van der Waals surface area contributed by atoms with E-state index in [4.69, 9.17) is 17.3 Å². The van der Waals surface area contributed by atoms with E-state index in [2.05, 4.69) is 4.98 Å². The molecule has 32 heavy (non-hydrogen) atoms. The molecular formula is C23H19Cl2F3N2OS. The van der Waals surface area contributed by atoms with Crippen molar-refractivity contribution in [2.45, 2.75) is 24.7 Å². The van der Waals surface area contributed by atoms with Gasteiger partial charge in [-0.15, -0.1) is 23.7 Å². The lowest BCUT2D eigenvalue weighted by atomic mass is 9.94. The summed E-state index contributed by atoms with van der Waals surface area (Å²) in [6.45, 7) is 0.735. The average Bonchev–Trinajstić information content (AvgIpc) is 3.17. The molecule has 4 rings (SSSR count). The molecular weight excluding hydrogens is 480 g/mol. The SMILES string of the molecule is CC(O)(c1ccnc(-c2cccc3cc([C@H](N)c4ccccc4Cl)sc23)c1)C(F)(F)F.Cl. The Morgan fingerprint density at radius 2 is 1.78 bits per heavy atom. The number of aromatic nitrogens is 1. The van der Waals surface area contributed by atoms with Crippen LogP contribution < -0.4 is 5.73 Å². The van der Waals surface area contributed by atoms with E-state index in [1.165, 1.54) is 29.7 Å². The van der Waals surface area contributed by atoms with Crippen LogP contribution in [0.3, 0.4) is 0 Å². The summed E-state index contributed by atoms with van der Waals surface area (Å²) in [5.41, 5.74) is 5.00. The maximum Gasteiger partial charge on any atom is 0.421 e. The number of rotatable bonds is 4. The van der Waals surface area contributed by atoms with Gasteiger partial charge < -0.3 is 10.8 Å². The zero-order chi connectivity index (χ0) is 22.4. The minimum absolute atomic E-state index is 0. The molecule has 0 radical (unpaired) electrons. The van der Waals surface area contributed by atoms with Gasteiger partial charge in [0.1, 0.15) is 0 Å². The maximum absolute atomic E-state index is 13.3. The van der Waals surface area contributed by atoms with E-state index in [1.54, 1.807) is 12.1 Å². The van der Waals surface area contributed by atoms with Crippen LogP contribution in [0.15, 0.2) is 66.9 Å². The summed E-state index contributed by atoms with van der Waals surface area (Å²) in [5.74, 6) is 0. The molecule has 3 nitrogen and oxygen atoms in total. The van der Waals surface area contributed by atoms with E-state index >= 15 is 0 Å². The minimum Gasteiger partial charge on any atom is -0.376 e. The fraction of sp³-hybridized carbons (Fsp3) is 0.174. The molecule has 0 fully saturated rings. The number of aliphatic hydroxyl groups is 1. The number of hydrogen-bond donors (Lipinski definition) is 2. The average molecular weight is 499 g/mol. The number of pyridine rings is 1. The van der Waals surface area contributed by atoms with Crippen molar-refractivity contribution in [3.8, 4) is 11.3 Å². The van der Waals surface area contributed by atoms with Gasteiger partial charge in [0, 0.05) is 26.4 Å². The van der Waals surface area contributed by atoms with Crippen molar-refractivity contribution >= 4 is 45.4 Å². The zero-order valence-electron chi connectivity index (χ0n) is 16.7. The monoisotopic (exact) mass is 498 g/mol. The largest absolute Gasteiger partial charge is 0.421 e. The quantitative estimate of drug-likeness (QED) is 0.323. The lowest BCUT2D eigenvalue weighted by Gasteiger charge is -2.26. The minimum atomic E-state index is -4.81. The first-order valence-electron chi connectivity index (χ1n) is 9.38. The fourth-order valence-electron chi connectivity index (χ4n) is 3.36. The van der Waals surface area contributed by atoms with Crippen LogP contribution in [0.2, 0.25) is 5.02 Å². The number of halogens is 5. The molecule has 0 bridgehead atoms. The number of nitrogens with zero attached hydrogens (tertiary/aromatic N) is 1. The number of nitrogens with two attached hydrogens (primary N) is 1. The van der Waals surface area contributed by atoms with E-state index in [-0.39, 0.29) is 18.0 Å². The molecule has 0 aliphatic heterocycles. The molecule has 0 saturated carbocycles. The molecule has 0 aliphatic rings. The predicted octanol–water partition coefficient (Wildman–Crippen LogP) is 6.86. The standard InChI is InChI=1S/C23H18ClF3N2OS.ClH/c1-22(30,23(25,26)27)14-9-10-29-18(12-14)16-7-4-5-13-11-19(31-21(13)16)20(28)15-6-2-3-8-17(15)24;/h2-12,20,30H,28H2,1H3;1H/t20-,22?;/m1./s1. The normalized spacial score (nSPS) is 14.6. The van der Waals surface area contributed by atoms with Crippen molar-refractivity contribution in [3.63, 3.8) is 0 Å². The van der Waals surface area contributed by atoms with E-state index in [0.29, 0.717) is 16.3 Å². The molecule has 0 saturated heterocycles. The third kappa shape index (κ3) is 4.36. The van der Waals surface area contributed by atoms with Gasteiger partial charge in [0.2, 0.25) is 0 Å². The summed E-state index contributed by atoms with van der Waals surface area (Å²) in [4.78, 5) is 5.13. The molecule has 168 valence electrons. The highest BCUT2D eigenvalue weighted by atomic mass is 35.5. The van der Waals surface area contributed by atoms with Crippen LogP contribution in [0.4, 0.5) is 13.2 Å². The molecule has 0 aliphatic carbocycles. The van der Waals surface area contributed by atoms with Crippen LogP contribution in [0.25, 0.3) is 21.3 Å². The summed E-state index contributed by atoms with van der Waals surface area (Å²) in [6.07, 6.45) is -3.54. The highest BCUT2D eigenvalue weighted by molar-refractivity contribution is 7.19. The smallest absolute Gasteiger partial charge is 0.376 e. The second-order valence-corrected chi connectivity index (χ2v) is 8.86. The Labute approximate surface area is 198 Å². The summed E-state index contributed by atoms with van der Waals surface area (Å²) in [5, 5.41) is 11.5. The second kappa shape index (κ2) is 9.00. The van der Waals surface area contributed by atoms with Gasteiger partial charge in [0.05, 0.1) is 11.7 Å². The third-order valence-electron chi connectivity index (χ3n) is 5.26. The molecule has 9 heteroatoms. The van der Waals surface area contributed by atoms with Crippen molar-refractivity contribution in [1.82, 2.24) is 4.98 Å². The molecule has 2 aromatic heterocycles. The first kappa shape index (κ1) is 24.5. The van der Waals surface area contributed by atoms with Crippen LogP contribution in [0, 0.1) is 0 Å². The molecule has 1 unspecified atom stereocenters. The van der Waals surface area contributed by atoms with Crippen molar-refractivity contribution in [2.24, 2.45) is 5.73 Å². The van der Waals surface area contributed by atoms with E-state index in [9.17, 15) is 18.3 Å². The Kier molecular flexibility index (Phi) is 6.88. The van der Waals surface area contributed by atoms with E-state index in [0.717, 1.165) is 27.5 Å². The topological polar surface area (TPSA) is 59.1 Å². The first-order chi connectivity index (χ1) is 14.6. The van der Waals surface area contributed by atoms with Crippen molar-refractivity contribution in [3.05, 3.63) is 87.9 Å². The Morgan fingerprint density at radius 3 is 2.47 bits per heavy atom. The summed E-state index contributed by atoms with van der Waals surface area (Å²) >= 11 is 7.73. The fourth-order valence-corrected chi connectivity index (χ4v) is 4.82. The molecule has 4 aromatic rings. The number of benzene rings is 2. The lowest BCUT2D eigenvalue weighted by Crippen LogP contribution is -2.39. The maximum atomic E-state index is 13.3. The summed E-state index contributed by atoms with van der Waals surface area (Å²) in [6, 6.07) is 16.8. The van der Waals surface area contributed by atoms with E-state index < -0.39 is 17.8 Å². The highest BCUT2D eigenvalue weighted by Crippen LogP contribution is 2.41. The van der Waals surface area contributed by atoms with Crippen LogP contribution in [-0.2, 0) is 5.60 Å². The van der Waals surface area contributed by atoms with Gasteiger partial charge in [0.25, 0.3) is 0 Å². The predicted molar refractivity (Wildman–Crippen MR) is 125 cm³/mol. The second-order valence-electron chi connectivity index (χ2n) is 7.37. The van der Waals surface area contributed by atoms with Gasteiger partial charge in [-0.2, -0.15) is 13.2 Å². The van der Waals surface area contributed by atoms with Crippen LogP contribution >= 0.6 is 35.3 Å². The number of hydrogen-bond acceptors (Lipinski definition) is 4. The van der Waals surface area contributed by atoms with Gasteiger partial charge in [-0.05, 0) is 47.7 Å². The highest BCUT2D eigenvalue weighted by Gasteiger charge is 2.51. The van der Waals surface area contributed by atoms with Crippen molar-refractivity contribution in [2.75, 3.05) is 0 Å². The number of alkyl halides is 3. The Morgan fingerprint density at radius 1 is 1.06 bits per heavy atom. The molecule has 2 aromatic carbocycles. The van der Waals surface area contributed by atoms with E-state index in [1.807, 2.05) is 36.4 Å². The van der Waals surface area contributed by atoms with Crippen molar-refractivity contribution in [1.29, 1.82) is 0 Å². The van der Waals surface area contributed by atoms with Gasteiger partial charge in [0.15, 0.2) is 5.60 Å². The van der Waals surface area contributed by atoms with Gasteiger partial charge in [-0.3, -0.25) is 4.98 Å². The molecule has 3 N–H and O–H groups in total. The Hall–Kier alpha value is -2.16. The van der Waals surface area contributed by atoms with Crippen molar-refractivity contribution < 1.29 is 18.3 Å². The third-order valence-corrected chi connectivity index (χ3v) is 6.87. The van der Waals surface area contributed by atoms with Gasteiger partial charge in [-0.25, -0.2) is 0 Å². The lowest BCUT2D eigenvalue weighted by molar-refractivity contribution is -0.258. The first-order valence-corrected chi connectivity index (χ1v) is 10.6. The molecule has 0 spiro atoms. The molecule has 2 heterocycles. The Balaban J connectivity index is 0.00000289. The Bertz CT molecular complexity index is 1260. The van der Waals surface area contributed by atoms with Gasteiger partial charge >= 0.3 is 6.18 Å². The zero-order valence-corrected chi connectivity index (χ0v) is 19.1.